The predicted molar refractivity (Wildman–Crippen MR) is 55.0 cm³/mol. The lowest BCUT2D eigenvalue weighted by Crippen LogP contribution is -2.10. The van der Waals surface area contributed by atoms with Gasteiger partial charge in [-0.15, -0.1) is 0 Å². The number of nitrogens with two attached hydrogens (primary N) is 1. The van der Waals surface area contributed by atoms with E-state index in [-0.39, 0.29) is 11.7 Å². The lowest BCUT2D eigenvalue weighted by atomic mass is 10.0. The van der Waals surface area contributed by atoms with E-state index < -0.39 is 0 Å². The van der Waals surface area contributed by atoms with Gasteiger partial charge < -0.3 is 10.5 Å². The Morgan fingerprint density at radius 3 is 2.79 bits per heavy atom. The van der Waals surface area contributed by atoms with Crippen LogP contribution in [-0.2, 0) is 0 Å². The fourth-order valence-corrected chi connectivity index (χ4v) is 1.32. The van der Waals surface area contributed by atoms with Crippen molar-refractivity contribution in [2.75, 3.05) is 13.2 Å². The van der Waals surface area contributed by atoms with Crippen molar-refractivity contribution in [2.24, 2.45) is 5.73 Å². The van der Waals surface area contributed by atoms with Crippen molar-refractivity contribution in [3.8, 4) is 5.75 Å². The Kier molecular flexibility index (Phi) is 3.89. The van der Waals surface area contributed by atoms with Crippen molar-refractivity contribution in [1.29, 1.82) is 0 Å². The predicted octanol–water partition coefficient (Wildman–Crippen LogP) is 2.29. The van der Waals surface area contributed by atoms with E-state index in [1.165, 1.54) is 12.1 Å². The minimum atomic E-state index is -0.247. The smallest absolute Gasteiger partial charge is 0.123 e. The third-order valence-electron chi connectivity index (χ3n) is 2.16. The van der Waals surface area contributed by atoms with E-state index >= 15 is 0 Å². The van der Waals surface area contributed by atoms with Crippen LogP contribution in [0.3, 0.4) is 0 Å². The summed E-state index contributed by atoms with van der Waals surface area (Å²) in [6.45, 7) is 4.93. The third-order valence-corrected chi connectivity index (χ3v) is 2.16. The molecule has 1 atom stereocenters. The van der Waals surface area contributed by atoms with Crippen molar-refractivity contribution in [2.45, 2.75) is 19.8 Å². The Morgan fingerprint density at radius 2 is 2.21 bits per heavy atom. The summed E-state index contributed by atoms with van der Waals surface area (Å²) in [5, 5.41) is 0. The van der Waals surface area contributed by atoms with Gasteiger partial charge in [-0.05, 0) is 37.6 Å². The first-order chi connectivity index (χ1) is 6.69. The van der Waals surface area contributed by atoms with Gasteiger partial charge in [-0.2, -0.15) is 0 Å². The zero-order chi connectivity index (χ0) is 10.6. The fraction of sp³-hybridized carbons (Fsp3) is 0.455. The van der Waals surface area contributed by atoms with E-state index in [1.54, 1.807) is 6.07 Å². The highest BCUT2D eigenvalue weighted by Gasteiger charge is 2.11. The Labute approximate surface area is 83.9 Å². The molecule has 0 aliphatic heterocycles. The SMILES string of the molecule is CCOc1ccc(F)cc1C(C)CN. The van der Waals surface area contributed by atoms with Crippen molar-refractivity contribution in [3.05, 3.63) is 29.6 Å². The standard InChI is InChI=1S/C11H16FNO/c1-3-14-11-5-4-9(12)6-10(11)8(2)7-13/h4-6,8H,3,7,13H2,1-2H3. The monoisotopic (exact) mass is 197 g/mol. The van der Waals surface area contributed by atoms with Crippen LogP contribution in [0.2, 0.25) is 0 Å². The molecule has 1 rings (SSSR count). The van der Waals surface area contributed by atoms with E-state index in [0.29, 0.717) is 13.2 Å². The first kappa shape index (κ1) is 11.0. The van der Waals surface area contributed by atoms with Gasteiger partial charge >= 0.3 is 0 Å². The summed E-state index contributed by atoms with van der Waals surface area (Å²) in [7, 11) is 0. The molecule has 0 amide bonds. The molecule has 0 heterocycles. The third kappa shape index (κ3) is 2.45. The molecule has 78 valence electrons. The molecular formula is C11H16FNO. The van der Waals surface area contributed by atoms with E-state index in [2.05, 4.69) is 0 Å². The maximum absolute atomic E-state index is 13.0. The molecule has 0 bridgehead atoms. The number of benzene rings is 1. The molecule has 2 nitrogen and oxygen atoms in total. The molecule has 0 fully saturated rings. The van der Waals surface area contributed by atoms with E-state index in [1.807, 2.05) is 13.8 Å². The molecule has 1 aromatic rings. The largest absolute Gasteiger partial charge is 0.494 e. The number of halogens is 1. The molecule has 3 heteroatoms. The second-order valence-electron chi connectivity index (χ2n) is 3.25. The maximum Gasteiger partial charge on any atom is 0.123 e. The summed E-state index contributed by atoms with van der Waals surface area (Å²) in [4.78, 5) is 0. The molecule has 0 spiro atoms. The van der Waals surface area contributed by atoms with Crippen LogP contribution in [0.1, 0.15) is 25.3 Å². The first-order valence-corrected chi connectivity index (χ1v) is 4.81. The van der Waals surface area contributed by atoms with Crippen LogP contribution in [0.15, 0.2) is 18.2 Å². The number of hydrogen-bond donors (Lipinski definition) is 1. The second kappa shape index (κ2) is 4.96. The van der Waals surface area contributed by atoms with Crippen LogP contribution in [-0.4, -0.2) is 13.2 Å². The van der Waals surface area contributed by atoms with Gasteiger partial charge in [0.05, 0.1) is 6.61 Å². The quantitative estimate of drug-likeness (QED) is 0.803. The topological polar surface area (TPSA) is 35.2 Å². The number of hydrogen-bond acceptors (Lipinski definition) is 2. The van der Waals surface area contributed by atoms with Gasteiger partial charge in [0.15, 0.2) is 0 Å². The van der Waals surface area contributed by atoms with Gasteiger partial charge in [-0.25, -0.2) is 4.39 Å². The molecular weight excluding hydrogens is 181 g/mol. The van der Waals surface area contributed by atoms with E-state index in [0.717, 1.165) is 11.3 Å². The Bertz CT molecular complexity index is 301. The molecule has 14 heavy (non-hydrogen) atoms. The molecule has 0 saturated carbocycles. The second-order valence-corrected chi connectivity index (χ2v) is 3.25. The minimum absolute atomic E-state index is 0.118. The van der Waals surface area contributed by atoms with Gasteiger partial charge in [0, 0.05) is 5.56 Å². The van der Waals surface area contributed by atoms with Crippen LogP contribution < -0.4 is 10.5 Å². The molecule has 0 aliphatic carbocycles. The van der Waals surface area contributed by atoms with Gasteiger partial charge in [0.25, 0.3) is 0 Å². The van der Waals surface area contributed by atoms with Crippen LogP contribution in [0.5, 0.6) is 5.75 Å². The molecule has 0 aliphatic rings. The first-order valence-electron chi connectivity index (χ1n) is 4.81. The number of rotatable bonds is 4. The van der Waals surface area contributed by atoms with Crippen molar-refractivity contribution >= 4 is 0 Å². The van der Waals surface area contributed by atoms with Crippen molar-refractivity contribution < 1.29 is 9.13 Å². The van der Waals surface area contributed by atoms with E-state index in [9.17, 15) is 4.39 Å². The highest BCUT2D eigenvalue weighted by molar-refractivity contribution is 5.36. The number of ether oxygens (including phenoxy) is 1. The van der Waals surface area contributed by atoms with Gasteiger partial charge in [0.2, 0.25) is 0 Å². The average Bonchev–Trinajstić information content (AvgIpc) is 2.20. The Balaban J connectivity index is 3.02. The average molecular weight is 197 g/mol. The lowest BCUT2D eigenvalue weighted by Gasteiger charge is -2.14. The summed E-state index contributed by atoms with van der Waals surface area (Å²) >= 11 is 0. The summed E-state index contributed by atoms with van der Waals surface area (Å²) in [6, 6.07) is 4.54. The zero-order valence-electron chi connectivity index (χ0n) is 8.59. The van der Waals surface area contributed by atoms with Crippen LogP contribution in [0, 0.1) is 5.82 Å². The molecule has 2 N–H and O–H groups in total. The van der Waals surface area contributed by atoms with Gasteiger partial charge in [0.1, 0.15) is 11.6 Å². The normalized spacial score (nSPS) is 12.6. The summed E-state index contributed by atoms with van der Waals surface area (Å²) < 4.78 is 18.4. The van der Waals surface area contributed by atoms with Crippen LogP contribution >= 0.6 is 0 Å². The summed E-state index contributed by atoms with van der Waals surface area (Å²) in [5.74, 6) is 0.600. The van der Waals surface area contributed by atoms with Crippen LogP contribution in [0.25, 0.3) is 0 Å². The molecule has 1 unspecified atom stereocenters. The molecule has 0 aromatic heterocycles. The highest BCUT2D eigenvalue weighted by Crippen LogP contribution is 2.26. The van der Waals surface area contributed by atoms with Crippen LogP contribution in [0.4, 0.5) is 4.39 Å². The molecule has 0 radical (unpaired) electrons. The summed E-state index contributed by atoms with van der Waals surface area (Å²) in [6.07, 6.45) is 0. The summed E-state index contributed by atoms with van der Waals surface area (Å²) in [5.41, 5.74) is 6.38. The van der Waals surface area contributed by atoms with Gasteiger partial charge in [-0.3, -0.25) is 0 Å². The Morgan fingerprint density at radius 1 is 1.50 bits per heavy atom. The van der Waals surface area contributed by atoms with Crippen molar-refractivity contribution in [3.63, 3.8) is 0 Å². The zero-order valence-corrected chi connectivity index (χ0v) is 8.59. The lowest BCUT2D eigenvalue weighted by molar-refractivity contribution is 0.334. The maximum atomic E-state index is 13.0. The molecule has 0 saturated heterocycles. The highest BCUT2D eigenvalue weighted by atomic mass is 19.1. The van der Waals surface area contributed by atoms with Crippen molar-refractivity contribution in [1.82, 2.24) is 0 Å². The Hall–Kier alpha value is -1.09. The minimum Gasteiger partial charge on any atom is -0.494 e. The van der Waals surface area contributed by atoms with E-state index in [4.69, 9.17) is 10.5 Å². The fourth-order valence-electron chi connectivity index (χ4n) is 1.32. The molecule has 1 aromatic carbocycles. The van der Waals surface area contributed by atoms with Gasteiger partial charge in [-0.1, -0.05) is 6.92 Å².